The van der Waals surface area contributed by atoms with Crippen LogP contribution in [0, 0.1) is 12.7 Å². The average molecular weight is 246 g/mol. The second kappa shape index (κ2) is 5.94. The first-order valence-corrected chi connectivity index (χ1v) is 6.62. The van der Waals surface area contributed by atoms with Crippen molar-refractivity contribution >= 4 is 5.78 Å². The third-order valence-corrected chi connectivity index (χ3v) is 3.54. The SMILES string of the molecule is Cc1ccc(F)cc1CC(=O)C=C1CCCCC1. The van der Waals surface area contributed by atoms with Crippen LogP contribution >= 0.6 is 0 Å². The number of carbonyl (C=O) groups excluding carboxylic acids is 1. The number of ketones is 1. The van der Waals surface area contributed by atoms with Gasteiger partial charge in [-0.25, -0.2) is 4.39 Å². The molecule has 1 saturated carbocycles. The van der Waals surface area contributed by atoms with Crippen LogP contribution in [0.3, 0.4) is 0 Å². The molecule has 0 aliphatic heterocycles. The average Bonchev–Trinajstić information content (AvgIpc) is 2.35. The summed E-state index contributed by atoms with van der Waals surface area (Å²) < 4.78 is 13.1. The van der Waals surface area contributed by atoms with Gasteiger partial charge < -0.3 is 0 Å². The van der Waals surface area contributed by atoms with Gasteiger partial charge in [0.1, 0.15) is 5.82 Å². The molecule has 1 aliphatic carbocycles. The Morgan fingerprint density at radius 1 is 1.28 bits per heavy atom. The lowest BCUT2D eigenvalue weighted by atomic mass is 9.93. The van der Waals surface area contributed by atoms with E-state index in [1.165, 1.54) is 37.0 Å². The molecule has 0 atom stereocenters. The van der Waals surface area contributed by atoms with Crippen LogP contribution in [-0.2, 0) is 11.2 Å². The molecular weight excluding hydrogens is 227 g/mol. The number of halogens is 1. The minimum absolute atomic E-state index is 0.0978. The summed E-state index contributed by atoms with van der Waals surface area (Å²) in [6, 6.07) is 4.63. The Hall–Kier alpha value is -1.44. The molecule has 1 aromatic carbocycles. The minimum Gasteiger partial charge on any atom is -0.294 e. The molecule has 0 saturated heterocycles. The summed E-state index contributed by atoms with van der Waals surface area (Å²) >= 11 is 0. The summed E-state index contributed by atoms with van der Waals surface area (Å²) in [5.74, 6) is -0.172. The number of aryl methyl sites for hydroxylation is 1. The van der Waals surface area contributed by atoms with Gasteiger partial charge in [-0.15, -0.1) is 0 Å². The van der Waals surface area contributed by atoms with Gasteiger partial charge in [-0.2, -0.15) is 0 Å². The van der Waals surface area contributed by atoms with Crippen LogP contribution < -0.4 is 0 Å². The number of rotatable bonds is 3. The monoisotopic (exact) mass is 246 g/mol. The van der Waals surface area contributed by atoms with Crippen molar-refractivity contribution in [1.82, 2.24) is 0 Å². The molecule has 1 fully saturated rings. The molecule has 1 nitrogen and oxygen atoms in total. The van der Waals surface area contributed by atoms with Crippen molar-refractivity contribution in [3.05, 3.63) is 46.8 Å². The summed E-state index contributed by atoms with van der Waals surface area (Å²) in [5, 5.41) is 0. The van der Waals surface area contributed by atoms with E-state index in [1.54, 1.807) is 12.1 Å². The molecule has 96 valence electrons. The van der Waals surface area contributed by atoms with Crippen LogP contribution in [0.25, 0.3) is 0 Å². The molecule has 0 unspecified atom stereocenters. The van der Waals surface area contributed by atoms with Gasteiger partial charge in [0.2, 0.25) is 0 Å². The zero-order valence-corrected chi connectivity index (χ0v) is 10.8. The number of hydrogen-bond acceptors (Lipinski definition) is 1. The van der Waals surface area contributed by atoms with E-state index in [0.29, 0.717) is 6.42 Å². The number of benzene rings is 1. The van der Waals surface area contributed by atoms with Gasteiger partial charge in [0, 0.05) is 6.42 Å². The highest BCUT2D eigenvalue weighted by atomic mass is 19.1. The predicted molar refractivity (Wildman–Crippen MR) is 71.0 cm³/mol. The maximum Gasteiger partial charge on any atom is 0.160 e. The Morgan fingerprint density at radius 3 is 2.72 bits per heavy atom. The molecule has 0 aromatic heterocycles. The van der Waals surface area contributed by atoms with Crippen molar-refractivity contribution in [3.63, 3.8) is 0 Å². The lowest BCUT2D eigenvalue weighted by molar-refractivity contribution is -0.114. The van der Waals surface area contributed by atoms with Crippen LogP contribution in [0.2, 0.25) is 0 Å². The summed E-state index contributed by atoms with van der Waals surface area (Å²) in [6.45, 7) is 1.91. The van der Waals surface area contributed by atoms with E-state index in [2.05, 4.69) is 0 Å². The first-order chi connectivity index (χ1) is 8.65. The number of hydrogen-bond donors (Lipinski definition) is 0. The second-order valence-corrected chi connectivity index (χ2v) is 5.08. The standard InChI is InChI=1S/C16H19FO/c1-12-7-8-15(17)10-14(12)11-16(18)9-13-5-3-2-4-6-13/h7-10H,2-6,11H2,1H3. The van der Waals surface area contributed by atoms with Crippen LogP contribution in [-0.4, -0.2) is 5.78 Å². The van der Waals surface area contributed by atoms with Crippen LogP contribution in [0.1, 0.15) is 43.2 Å². The molecule has 1 aromatic rings. The van der Waals surface area contributed by atoms with Gasteiger partial charge in [0.25, 0.3) is 0 Å². The quantitative estimate of drug-likeness (QED) is 0.733. The summed E-state index contributed by atoms with van der Waals surface area (Å²) in [5.41, 5.74) is 3.04. The Kier molecular flexibility index (Phi) is 4.29. The second-order valence-electron chi connectivity index (χ2n) is 5.08. The first kappa shape index (κ1) is 13.0. The molecular formula is C16H19FO. The zero-order chi connectivity index (χ0) is 13.0. The molecule has 2 rings (SSSR count). The van der Waals surface area contributed by atoms with Crippen LogP contribution in [0.5, 0.6) is 0 Å². The van der Waals surface area contributed by atoms with Crippen molar-refractivity contribution < 1.29 is 9.18 Å². The molecule has 0 amide bonds. The predicted octanol–water partition coefficient (Wildman–Crippen LogP) is 4.14. The highest BCUT2D eigenvalue weighted by molar-refractivity contribution is 5.92. The molecule has 18 heavy (non-hydrogen) atoms. The van der Waals surface area contributed by atoms with Gasteiger partial charge in [-0.1, -0.05) is 18.1 Å². The lowest BCUT2D eigenvalue weighted by Gasteiger charge is -2.13. The van der Waals surface area contributed by atoms with E-state index < -0.39 is 0 Å². The van der Waals surface area contributed by atoms with E-state index in [1.807, 2.05) is 6.92 Å². The smallest absolute Gasteiger partial charge is 0.160 e. The number of allylic oxidation sites excluding steroid dienone is 2. The Balaban J connectivity index is 2.04. The fourth-order valence-electron chi connectivity index (χ4n) is 2.45. The van der Waals surface area contributed by atoms with Crippen molar-refractivity contribution in [1.29, 1.82) is 0 Å². The number of carbonyl (C=O) groups is 1. The highest BCUT2D eigenvalue weighted by Crippen LogP contribution is 2.23. The van der Waals surface area contributed by atoms with Crippen molar-refractivity contribution in [2.45, 2.75) is 45.4 Å². The third kappa shape index (κ3) is 3.52. The summed E-state index contributed by atoms with van der Waals surface area (Å²) in [6.07, 6.45) is 7.85. The van der Waals surface area contributed by atoms with Gasteiger partial charge in [0.15, 0.2) is 5.78 Å². The molecule has 0 spiro atoms. The fraction of sp³-hybridized carbons (Fsp3) is 0.438. The van der Waals surface area contributed by atoms with Gasteiger partial charge >= 0.3 is 0 Å². The molecule has 1 aliphatic rings. The first-order valence-electron chi connectivity index (χ1n) is 6.62. The van der Waals surface area contributed by atoms with Crippen LogP contribution in [0.4, 0.5) is 4.39 Å². The van der Waals surface area contributed by atoms with E-state index in [-0.39, 0.29) is 11.6 Å². The maximum atomic E-state index is 13.1. The Labute approximate surface area is 108 Å². The van der Waals surface area contributed by atoms with Gasteiger partial charge in [-0.05, 0) is 61.9 Å². The van der Waals surface area contributed by atoms with E-state index >= 15 is 0 Å². The summed E-state index contributed by atoms with van der Waals surface area (Å²) in [4.78, 5) is 11.9. The minimum atomic E-state index is -0.270. The molecule has 0 bridgehead atoms. The lowest BCUT2D eigenvalue weighted by Crippen LogP contribution is -2.04. The molecule has 0 heterocycles. The largest absolute Gasteiger partial charge is 0.294 e. The summed E-state index contributed by atoms with van der Waals surface area (Å²) in [7, 11) is 0. The van der Waals surface area contributed by atoms with Crippen molar-refractivity contribution in [3.8, 4) is 0 Å². The van der Waals surface area contributed by atoms with Gasteiger partial charge in [0.05, 0.1) is 0 Å². The molecule has 2 heteroatoms. The maximum absolute atomic E-state index is 13.1. The van der Waals surface area contributed by atoms with Gasteiger partial charge in [-0.3, -0.25) is 4.79 Å². The molecule has 0 radical (unpaired) electrons. The highest BCUT2D eigenvalue weighted by Gasteiger charge is 2.09. The third-order valence-electron chi connectivity index (χ3n) is 3.54. The molecule has 0 N–H and O–H groups in total. The Morgan fingerprint density at radius 2 is 2.00 bits per heavy atom. The Bertz CT molecular complexity index is 466. The van der Waals surface area contributed by atoms with Crippen molar-refractivity contribution in [2.75, 3.05) is 0 Å². The fourth-order valence-corrected chi connectivity index (χ4v) is 2.45. The van der Waals surface area contributed by atoms with E-state index in [9.17, 15) is 9.18 Å². The van der Waals surface area contributed by atoms with E-state index in [0.717, 1.165) is 24.0 Å². The topological polar surface area (TPSA) is 17.1 Å². The normalized spacial score (nSPS) is 15.6. The zero-order valence-electron chi connectivity index (χ0n) is 10.8. The van der Waals surface area contributed by atoms with E-state index in [4.69, 9.17) is 0 Å². The van der Waals surface area contributed by atoms with Crippen LogP contribution in [0.15, 0.2) is 29.8 Å². The van der Waals surface area contributed by atoms with Crippen molar-refractivity contribution in [2.24, 2.45) is 0 Å².